The van der Waals surface area contributed by atoms with Crippen LogP contribution in [-0.2, 0) is 0 Å². The molecule has 0 aromatic rings. The lowest BCUT2D eigenvalue weighted by atomic mass is 9.88. The van der Waals surface area contributed by atoms with Crippen molar-refractivity contribution in [2.24, 2.45) is 0 Å². The van der Waals surface area contributed by atoms with Gasteiger partial charge in [-0.25, -0.2) is 4.79 Å². The summed E-state index contributed by atoms with van der Waals surface area (Å²) in [6, 6.07) is 1.61. The maximum Gasteiger partial charge on any atom is 0.317 e. The standard InChI is InChI=1S/C15H27N3O/c19-15(17-12-6-2-1-3-7-12)18-11-10-16-13-8-4-5-9-14(13)18/h12-14,16H,1-11H2,(H,17,19). The number of carbonyl (C=O) groups is 1. The van der Waals surface area contributed by atoms with Gasteiger partial charge in [-0.2, -0.15) is 0 Å². The number of hydrogen-bond acceptors (Lipinski definition) is 2. The normalized spacial score (nSPS) is 32.7. The quantitative estimate of drug-likeness (QED) is 0.764. The van der Waals surface area contributed by atoms with E-state index in [9.17, 15) is 4.79 Å². The average molecular weight is 265 g/mol. The van der Waals surface area contributed by atoms with Crippen LogP contribution in [0.25, 0.3) is 0 Å². The van der Waals surface area contributed by atoms with Crippen LogP contribution in [0.15, 0.2) is 0 Å². The number of nitrogens with one attached hydrogen (secondary N) is 2. The lowest BCUT2D eigenvalue weighted by Crippen LogP contribution is -2.63. The lowest BCUT2D eigenvalue weighted by molar-refractivity contribution is 0.104. The Kier molecular flexibility index (Phi) is 4.26. The van der Waals surface area contributed by atoms with Gasteiger partial charge in [0, 0.05) is 31.2 Å². The number of amides is 2. The summed E-state index contributed by atoms with van der Waals surface area (Å²) in [7, 11) is 0. The summed E-state index contributed by atoms with van der Waals surface area (Å²) in [5.74, 6) is 0. The predicted molar refractivity (Wildman–Crippen MR) is 76.2 cm³/mol. The minimum Gasteiger partial charge on any atom is -0.335 e. The van der Waals surface area contributed by atoms with E-state index in [-0.39, 0.29) is 6.03 Å². The van der Waals surface area contributed by atoms with Crippen LogP contribution in [-0.4, -0.2) is 42.1 Å². The third kappa shape index (κ3) is 3.04. The van der Waals surface area contributed by atoms with Crippen molar-refractivity contribution in [2.45, 2.75) is 75.9 Å². The van der Waals surface area contributed by atoms with E-state index < -0.39 is 0 Å². The van der Waals surface area contributed by atoms with Crippen molar-refractivity contribution in [3.63, 3.8) is 0 Å². The van der Waals surface area contributed by atoms with Gasteiger partial charge >= 0.3 is 6.03 Å². The number of piperazine rings is 1. The molecule has 2 amide bonds. The van der Waals surface area contributed by atoms with E-state index in [4.69, 9.17) is 0 Å². The second kappa shape index (κ2) is 6.12. The van der Waals surface area contributed by atoms with Crippen LogP contribution in [0.4, 0.5) is 4.79 Å². The van der Waals surface area contributed by atoms with Crippen LogP contribution < -0.4 is 10.6 Å². The average Bonchev–Trinajstić information content (AvgIpc) is 2.47. The minimum absolute atomic E-state index is 0.199. The van der Waals surface area contributed by atoms with Gasteiger partial charge in [0.1, 0.15) is 0 Å². The van der Waals surface area contributed by atoms with E-state index in [1.807, 2.05) is 0 Å². The molecule has 3 rings (SSSR count). The zero-order chi connectivity index (χ0) is 13.1. The molecule has 108 valence electrons. The highest BCUT2D eigenvalue weighted by atomic mass is 16.2. The van der Waals surface area contributed by atoms with Crippen LogP contribution in [0.5, 0.6) is 0 Å². The van der Waals surface area contributed by atoms with E-state index in [1.54, 1.807) is 0 Å². The highest BCUT2D eigenvalue weighted by Gasteiger charge is 2.36. The molecule has 19 heavy (non-hydrogen) atoms. The fraction of sp³-hybridized carbons (Fsp3) is 0.933. The van der Waals surface area contributed by atoms with E-state index in [1.165, 1.54) is 57.8 Å². The molecule has 1 aliphatic heterocycles. The van der Waals surface area contributed by atoms with Gasteiger partial charge in [0.2, 0.25) is 0 Å². The summed E-state index contributed by atoms with van der Waals surface area (Å²) >= 11 is 0. The van der Waals surface area contributed by atoms with Gasteiger partial charge in [0.05, 0.1) is 0 Å². The topological polar surface area (TPSA) is 44.4 Å². The molecule has 2 saturated carbocycles. The molecule has 4 nitrogen and oxygen atoms in total. The Balaban J connectivity index is 1.58. The third-order valence-electron chi connectivity index (χ3n) is 5.08. The maximum atomic E-state index is 12.5. The Labute approximate surface area is 116 Å². The zero-order valence-electron chi connectivity index (χ0n) is 11.9. The molecule has 2 aliphatic carbocycles. The van der Waals surface area contributed by atoms with Crippen molar-refractivity contribution < 1.29 is 4.79 Å². The van der Waals surface area contributed by atoms with Crippen LogP contribution in [0, 0.1) is 0 Å². The number of carbonyl (C=O) groups excluding carboxylic acids is 1. The third-order valence-corrected chi connectivity index (χ3v) is 5.08. The Morgan fingerprint density at radius 1 is 1.00 bits per heavy atom. The van der Waals surface area contributed by atoms with Crippen molar-refractivity contribution in [1.82, 2.24) is 15.5 Å². The van der Waals surface area contributed by atoms with Gasteiger partial charge in [-0.3, -0.25) is 0 Å². The van der Waals surface area contributed by atoms with Gasteiger partial charge < -0.3 is 15.5 Å². The van der Waals surface area contributed by atoms with Gasteiger partial charge in [-0.1, -0.05) is 32.1 Å². The molecule has 3 aliphatic rings. The van der Waals surface area contributed by atoms with E-state index >= 15 is 0 Å². The van der Waals surface area contributed by atoms with E-state index in [0.29, 0.717) is 18.1 Å². The van der Waals surface area contributed by atoms with Crippen LogP contribution in [0.1, 0.15) is 57.8 Å². The number of hydrogen-bond donors (Lipinski definition) is 2. The zero-order valence-corrected chi connectivity index (χ0v) is 11.9. The molecular weight excluding hydrogens is 238 g/mol. The Bertz CT molecular complexity index is 313. The highest BCUT2D eigenvalue weighted by Crippen LogP contribution is 2.26. The molecule has 2 unspecified atom stereocenters. The van der Waals surface area contributed by atoms with Crippen molar-refractivity contribution in [3.05, 3.63) is 0 Å². The first kappa shape index (κ1) is 13.2. The van der Waals surface area contributed by atoms with Gasteiger partial charge in [0.15, 0.2) is 0 Å². The molecule has 1 saturated heterocycles. The Morgan fingerprint density at radius 2 is 1.74 bits per heavy atom. The molecule has 2 atom stereocenters. The Morgan fingerprint density at radius 3 is 2.58 bits per heavy atom. The molecule has 3 fully saturated rings. The van der Waals surface area contributed by atoms with Crippen LogP contribution >= 0.6 is 0 Å². The van der Waals surface area contributed by atoms with Crippen LogP contribution in [0.2, 0.25) is 0 Å². The monoisotopic (exact) mass is 265 g/mol. The molecule has 0 bridgehead atoms. The van der Waals surface area contributed by atoms with Crippen molar-refractivity contribution >= 4 is 6.03 Å². The second-order valence-electron chi connectivity index (χ2n) is 6.39. The highest BCUT2D eigenvalue weighted by molar-refractivity contribution is 5.75. The summed E-state index contributed by atoms with van der Waals surface area (Å²) in [6.45, 7) is 1.83. The smallest absolute Gasteiger partial charge is 0.317 e. The van der Waals surface area contributed by atoms with Crippen molar-refractivity contribution in [3.8, 4) is 0 Å². The number of urea groups is 1. The molecule has 1 heterocycles. The fourth-order valence-corrected chi connectivity index (χ4v) is 4.02. The summed E-state index contributed by atoms with van der Waals surface area (Å²) < 4.78 is 0. The molecule has 2 N–H and O–H groups in total. The molecule has 4 heteroatoms. The fourth-order valence-electron chi connectivity index (χ4n) is 4.02. The van der Waals surface area contributed by atoms with Gasteiger partial charge in [0.25, 0.3) is 0 Å². The lowest BCUT2D eigenvalue weighted by Gasteiger charge is -2.45. The van der Waals surface area contributed by atoms with Crippen molar-refractivity contribution in [2.75, 3.05) is 13.1 Å². The largest absolute Gasteiger partial charge is 0.335 e. The summed E-state index contributed by atoms with van der Waals surface area (Å²) in [5.41, 5.74) is 0. The molecule has 0 aromatic carbocycles. The summed E-state index contributed by atoms with van der Waals surface area (Å²) in [5, 5.41) is 6.87. The van der Waals surface area contributed by atoms with E-state index in [2.05, 4.69) is 15.5 Å². The van der Waals surface area contributed by atoms with Crippen molar-refractivity contribution in [1.29, 1.82) is 0 Å². The molecular formula is C15H27N3O. The van der Waals surface area contributed by atoms with Crippen LogP contribution in [0.3, 0.4) is 0 Å². The Hall–Kier alpha value is -0.770. The number of rotatable bonds is 1. The first-order valence-electron chi connectivity index (χ1n) is 8.15. The first-order valence-corrected chi connectivity index (χ1v) is 8.15. The predicted octanol–water partition coefficient (Wildman–Crippen LogP) is 2.25. The summed E-state index contributed by atoms with van der Waals surface area (Å²) in [6.07, 6.45) is 11.2. The minimum atomic E-state index is 0.199. The number of nitrogens with zero attached hydrogens (tertiary/aromatic N) is 1. The SMILES string of the molecule is O=C(NC1CCCCC1)N1CCNC2CCCCC21. The molecule has 0 spiro atoms. The summed E-state index contributed by atoms with van der Waals surface area (Å²) in [4.78, 5) is 14.6. The maximum absolute atomic E-state index is 12.5. The van der Waals surface area contributed by atoms with E-state index in [0.717, 1.165) is 13.1 Å². The number of fused-ring (bicyclic) bond motifs is 1. The van der Waals surface area contributed by atoms with Gasteiger partial charge in [-0.15, -0.1) is 0 Å². The molecule has 0 radical (unpaired) electrons. The van der Waals surface area contributed by atoms with Gasteiger partial charge in [-0.05, 0) is 25.7 Å². The second-order valence-corrected chi connectivity index (χ2v) is 6.39. The molecule has 0 aromatic heterocycles. The first-order chi connectivity index (χ1) is 9.34.